The van der Waals surface area contributed by atoms with Gasteiger partial charge in [0.1, 0.15) is 0 Å². The van der Waals surface area contributed by atoms with E-state index in [1.807, 2.05) is 24.1 Å². The number of aromatic nitrogens is 6. The van der Waals surface area contributed by atoms with Gasteiger partial charge in [-0.15, -0.1) is 0 Å². The molecule has 9 heteroatoms. The number of hydrogen-bond acceptors (Lipinski definition) is 7. The van der Waals surface area contributed by atoms with E-state index in [2.05, 4.69) is 49.7 Å². The number of aryl methyl sites for hydroxylation is 1. The van der Waals surface area contributed by atoms with Gasteiger partial charge in [-0.05, 0) is 24.1 Å². The van der Waals surface area contributed by atoms with Crippen molar-refractivity contribution in [1.82, 2.24) is 29.5 Å². The maximum absolute atomic E-state index is 5.47. The van der Waals surface area contributed by atoms with Gasteiger partial charge in [0.25, 0.3) is 0 Å². The van der Waals surface area contributed by atoms with Gasteiger partial charge in [0.2, 0.25) is 5.95 Å². The maximum atomic E-state index is 5.47. The minimum atomic E-state index is 0. The average Bonchev–Trinajstić information content (AvgIpc) is 3.47. The predicted octanol–water partition coefficient (Wildman–Crippen LogP) is 3.21. The lowest BCUT2D eigenvalue weighted by molar-refractivity contribution is -0.0985. The molecule has 6 rings (SSSR count). The lowest BCUT2D eigenvalue weighted by Gasteiger charge is -2.37. The standard InChI is InChI=1S/C22H24N8O.CH4/c1-28-12-18(10-24-28)26-21-23-8-17-9-25-30(20(17)27-21)11-16-3-2-4-19(7-16)29-6-5-22(13-29)14-31-15-22;/h2-4,7-10,12H,5-6,11,13-15H2,1H3,(H,23,26,27);1H4. The van der Waals surface area contributed by atoms with E-state index in [-0.39, 0.29) is 7.43 Å². The molecule has 0 amide bonds. The van der Waals surface area contributed by atoms with E-state index in [9.17, 15) is 0 Å². The molecule has 1 N–H and O–H groups in total. The predicted molar refractivity (Wildman–Crippen MR) is 124 cm³/mol. The van der Waals surface area contributed by atoms with Gasteiger partial charge >= 0.3 is 0 Å². The summed E-state index contributed by atoms with van der Waals surface area (Å²) in [5, 5.41) is 12.8. The molecule has 166 valence electrons. The van der Waals surface area contributed by atoms with Crippen LogP contribution >= 0.6 is 0 Å². The van der Waals surface area contributed by atoms with Gasteiger partial charge < -0.3 is 15.0 Å². The first-order valence-corrected chi connectivity index (χ1v) is 10.5. The Morgan fingerprint density at radius 2 is 2.06 bits per heavy atom. The minimum Gasteiger partial charge on any atom is -0.380 e. The zero-order valence-electron chi connectivity index (χ0n) is 17.4. The Bertz CT molecular complexity index is 1240. The molecule has 3 aromatic heterocycles. The Labute approximate surface area is 187 Å². The molecule has 0 atom stereocenters. The summed E-state index contributed by atoms with van der Waals surface area (Å²) in [5.41, 5.74) is 4.50. The molecule has 0 unspecified atom stereocenters. The fraction of sp³-hybridized carbons (Fsp3) is 0.391. The molecule has 2 aliphatic rings. The van der Waals surface area contributed by atoms with E-state index in [0.29, 0.717) is 17.9 Å². The van der Waals surface area contributed by atoms with Crippen molar-refractivity contribution in [2.45, 2.75) is 20.4 Å². The summed E-state index contributed by atoms with van der Waals surface area (Å²) in [4.78, 5) is 11.6. The summed E-state index contributed by atoms with van der Waals surface area (Å²) in [6, 6.07) is 8.73. The summed E-state index contributed by atoms with van der Waals surface area (Å²) in [7, 11) is 1.88. The fourth-order valence-electron chi connectivity index (χ4n) is 4.46. The number of benzene rings is 1. The van der Waals surface area contributed by atoms with E-state index in [1.54, 1.807) is 17.1 Å². The van der Waals surface area contributed by atoms with Gasteiger partial charge in [-0.2, -0.15) is 15.2 Å². The van der Waals surface area contributed by atoms with Crippen LogP contribution < -0.4 is 10.2 Å². The summed E-state index contributed by atoms with van der Waals surface area (Å²) in [5.74, 6) is 0.529. The Balaban J connectivity index is 0.00000216. The Morgan fingerprint density at radius 1 is 1.16 bits per heavy atom. The largest absolute Gasteiger partial charge is 0.380 e. The molecule has 0 radical (unpaired) electrons. The van der Waals surface area contributed by atoms with Gasteiger partial charge in [-0.3, -0.25) is 4.68 Å². The third-order valence-electron chi connectivity index (χ3n) is 6.20. The second-order valence-electron chi connectivity index (χ2n) is 8.64. The smallest absolute Gasteiger partial charge is 0.229 e. The van der Waals surface area contributed by atoms with Crippen molar-refractivity contribution in [2.24, 2.45) is 12.5 Å². The SMILES string of the molecule is C.Cn1cc(Nc2ncc3cnn(Cc4cccc(N5CCC6(COC6)C5)c4)c3n2)cn1. The maximum Gasteiger partial charge on any atom is 0.229 e. The average molecular weight is 433 g/mol. The molecular formula is C23H28N8O. The van der Waals surface area contributed by atoms with Crippen molar-refractivity contribution in [3.05, 3.63) is 54.6 Å². The van der Waals surface area contributed by atoms with Crippen LogP contribution in [0.4, 0.5) is 17.3 Å². The van der Waals surface area contributed by atoms with Crippen LogP contribution in [0, 0.1) is 5.41 Å². The monoisotopic (exact) mass is 432 g/mol. The molecule has 2 aliphatic heterocycles. The highest BCUT2D eigenvalue weighted by atomic mass is 16.5. The van der Waals surface area contributed by atoms with Gasteiger partial charge in [0.05, 0.1) is 43.2 Å². The number of hydrogen-bond donors (Lipinski definition) is 1. The summed E-state index contributed by atoms with van der Waals surface area (Å²) in [6.45, 7) is 4.63. The number of nitrogens with zero attached hydrogens (tertiary/aromatic N) is 7. The van der Waals surface area contributed by atoms with Crippen LogP contribution in [0.3, 0.4) is 0 Å². The topological polar surface area (TPSA) is 85.9 Å². The first-order valence-electron chi connectivity index (χ1n) is 10.5. The van der Waals surface area contributed by atoms with Gasteiger partial charge in [0.15, 0.2) is 5.65 Å². The number of fused-ring (bicyclic) bond motifs is 1. The molecule has 2 fully saturated rings. The molecule has 32 heavy (non-hydrogen) atoms. The van der Waals surface area contributed by atoms with Crippen LogP contribution in [-0.4, -0.2) is 55.8 Å². The van der Waals surface area contributed by atoms with Crippen molar-refractivity contribution >= 4 is 28.4 Å². The van der Waals surface area contributed by atoms with E-state index >= 15 is 0 Å². The van der Waals surface area contributed by atoms with Crippen LogP contribution in [-0.2, 0) is 18.3 Å². The van der Waals surface area contributed by atoms with E-state index in [0.717, 1.165) is 43.0 Å². The zero-order chi connectivity index (χ0) is 20.8. The van der Waals surface area contributed by atoms with Crippen molar-refractivity contribution in [3.63, 3.8) is 0 Å². The van der Waals surface area contributed by atoms with Gasteiger partial charge in [-0.1, -0.05) is 19.6 Å². The van der Waals surface area contributed by atoms with E-state index in [1.165, 1.54) is 17.7 Å². The molecule has 0 saturated carbocycles. The Morgan fingerprint density at radius 3 is 2.81 bits per heavy atom. The lowest BCUT2D eigenvalue weighted by Crippen LogP contribution is -2.44. The normalized spacial score (nSPS) is 16.8. The number of nitrogens with one attached hydrogen (secondary N) is 1. The molecule has 4 aromatic rings. The molecule has 1 spiro atoms. The van der Waals surface area contributed by atoms with Crippen LogP contribution in [0.2, 0.25) is 0 Å². The van der Waals surface area contributed by atoms with E-state index < -0.39 is 0 Å². The summed E-state index contributed by atoms with van der Waals surface area (Å²) >= 11 is 0. The number of rotatable bonds is 5. The minimum absolute atomic E-state index is 0. The van der Waals surface area contributed by atoms with Crippen LogP contribution in [0.5, 0.6) is 0 Å². The molecule has 5 heterocycles. The van der Waals surface area contributed by atoms with E-state index in [4.69, 9.17) is 9.72 Å². The molecule has 9 nitrogen and oxygen atoms in total. The Hall–Kier alpha value is -3.46. The van der Waals surface area contributed by atoms with Gasteiger partial charge in [0, 0.05) is 43.6 Å². The molecule has 0 aliphatic carbocycles. The summed E-state index contributed by atoms with van der Waals surface area (Å²) in [6.07, 6.45) is 8.45. The molecule has 2 saturated heterocycles. The van der Waals surface area contributed by atoms with Crippen molar-refractivity contribution in [3.8, 4) is 0 Å². The first-order chi connectivity index (χ1) is 15.2. The second kappa shape index (κ2) is 7.90. The third kappa shape index (κ3) is 3.69. The fourth-order valence-corrected chi connectivity index (χ4v) is 4.46. The molecular weight excluding hydrogens is 404 g/mol. The zero-order valence-corrected chi connectivity index (χ0v) is 17.4. The number of ether oxygens (including phenoxy) is 1. The van der Waals surface area contributed by atoms with Crippen LogP contribution in [0.1, 0.15) is 19.4 Å². The van der Waals surface area contributed by atoms with Crippen molar-refractivity contribution in [2.75, 3.05) is 36.5 Å². The number of anilines is 3. The van der Waals surface area contributed by atoms with Crippen LogP contribution in [0.15, 0.2) is 49.1 Å². The third-order valence-corrected chi connectivity index (χ3v) is 6.20. The first kappa shape index (κ1) is 20.4. The quantitative estimate of drug-likeness (QED) is 0.518. The second-order valence-corrected chi connectivity index (χ2v) is 8.64. The van der Waals surface area contributed by atoms with Crippen molar-refractivity contribution < 1.29 is 4.74 Å². The molecule has 0 bridgehead atoms. The van der Waals surface area contributed by atoms with Crippen molar-refractivity contribution in [1.29, 1.82) is 0 Å². The highest BCUT2D eigenvalue weighted by Gasteiger charge is 2.44. The van der Waals surface area contributed by atoms with Gasteiger partial charge in [-0.25, -0.2) is 9.67 Å². The lowest BCUT2D eigenvalue weighted by atomic mass is 9.85. The highest BCUT2D eigenvalue weighted by molar-refractivity contribution is 5.75. The summed E-state index contributed by atoms with van der Waals surface area (Å²) < 4.78 is 9.13. The Kier molecular flexibility index (Phi) is 5.05. The highest BCUT2D eigenvalue weighted by Crippen LogP contribution is 2.39. The molecule has 1 aromatic carbocycles. The van der Waals surface area contributed by atoms with Crippen LogP contribution in [0.25, 0.3) is 11.0 Å².